The summed E-state index contributed by atoms with van der Waals surface area (Å²) in [4.78, 5) is 20.3. The Bertz CT molecular complexity index is 408. The second-order valence-electron chi connectivity index (χ2n) is 2.60. The summed E-state index contributed by atoms with van der Waals surface area (Å²) in [5, 5.41) is 21.1. The van der Waals surface area contributed by atoms with E-state index in [0.29, 0.717) is 10.6 Å². The number of rotatable bonds is 4. The van der Waals surface area contributed by atoms with E-state index in [-0.39, 0.29) is 11.4 Å². The van der Waals surface area contributed by atoms with Crippen molar-refractivity contribution in [2.75, 3.05) is 5.75 Å². The molecule has 0 aliphatic heterocycles. The Morgan fingerprint density at radius 3 is 2.40 bits per heavy atom. The number of hydrogen-bond donors (Lipinski definition) is 0. The molecule has 0 fully saturated rings. The van der Waals surface area contributed by atoms with Gasteiger partial charge in [0.05, 0.1) is 20.8 Å². The number of nitrogens with zero attached hydrogens (tertiary/aromatic N) is 2. The zero-order valence-corrected chi connectivity index (χ0v) is 8.69. The van der Waals surface area contributed by atoms with Crippen LogP contribution in [0.25, 0.3) is 0 Å². The quantitative estimate of drug-likeness (QED) is 0.449. The summed E-state index contributed by atoms with van der Waals surface area (Å²) in [6.07, 6.45) is 0. The highest BCUT2D eigenvalue weighted by atomic mass is 32.2. The van der Waals surface area contributed by atoms with Crippen molar-refractivity contribution in [1.82, 2.24) is 0 Å². The van der Waals surface area contributed by atoms with Crippen molar-refractivity contribution in [3.05, 3.63) is 38.4 Å². The Morgan fingerprint density at radius 2 is 1.93 bits per heavy atom. The molecule has 0 unspecified atom stereocenters. The normalized spacial score (nSPS) is 9.93. The van der Waals surface area contributed by atoms with Crippen molar-refractivity contribution in [2.24, 2.45) is 0 Å². The van der Waals surface area contributed by atoms with E-state index in [4.69, 9.17) is 0 Å². The number of thioether (sulfide) groups is 1. The highest BCUT2D eigenvalue weighted by Crippen LogP contribution is 2.31. The summed E-state index contributed by atoms with van der Waals surface area (Å²) >= 11 is 1.29. The first-order valence-electron chi connectivity index (χ1n) is 4.12. The van der Waals surface area contributed by atoms with Crippen molar-refractivity contribution in [3.63, 3.8) is 0 Å². The van der Waals surface area contributed by atoms with Crippen LogP contribution >= 0.6 is 11.8 Å². The third kappa shape index (κ3) is 2.66. The van der Waals surface area contributed by atoms with Gasteiger partial charge >= 0.3 is 0 Å². The highest BCUT2D eigenvalue weighted by molar-refractivity contribution is 7.99. The van der Waals surface area contributed by atoms with Crippen LogP contribution in [0.4, 0.5) is 11.4 Å². The maximum Gasteiger partial charge on any atom is 0.289 e. The van der Waals surface area contributed by atoms with Gasteiger partial charge in [-0.2, -0.15) is 0 Å². The van der Waals surface area contributed by atoms with Crippen LogP contribution in [0.2, 0.25) is 0 Å². The van der Waals surface area contributed by atoms with E-state index in [9.17, 15) is 20.2 Å². The van der Waals surface area contributed by atoms with Gasteiger partial charge in [0.1, 0.15) is 0 Å². The molecular formula is C8H8N2O4S. The number of nitro benzene ring substituents is 2. The van der Waals surface area contributed by atoms with Crippen LogP contribution in [0, 0.1) is 20.2 Å². The van der Waals surface area contributed by atoms with E-state index < -0.39 is 9.85 Å². The van der Waals surface area contributed by atoms with E-state index in [2.05, 4.69) is 0 Å². The lowest BCUT2D eigenvalue weighted by molar-refractivity contribution is -0.396. The van der Waals surface area contributed by atoms with Crippen LogP contribution in [0.3, 0.4) is 0 Å². The zero-order valence-electron chi connectivity index (χ0n) is 7.87. The molecule has 1 rings (SSSR count). The Kier molecular flexibility index (Phi) is 3.62. The molecule has 0 N–H and O–H groups in total. The molecule has 6 nitrogen and oxygen atoms in total. The molecule has 0 spiro atoms. The van der Waals surface area contributed by atoms with Gasteiger partial charge in [0.15, 0.2) is 0 Å². The standard InChI is InChI=1S/C8H8N2O4S/c1-2-15-8-4-3-6(9(11)12)5-7(8)10(13)14/h3-5H,2H2,1H3. The van der Waals surface area contributed by atoms with Crippen molar-refractivity contribution < 1.29 is 9.85 Å². The molecule has 0 amide bonds. The number of hydrogen-bond acceptors (Lipinski definition) is 5. The minimum atomic E-state index is -0.645. The first kappa shape index (κ1) is 11.4. The third-order valence-corrected chi connectivity index (χ3v) is 2.59. The Balaban J connectivity index is 3.20. The van der Waals surface area contributed by atoms with Gasteiger partial charge < -0.3 is 0 Å². The van der Waals surface area contributed by atoms with Crippen LogP contribution in [-0.2, 0) is 0 Å². The Hall–Kier alpha value is -1.63. The lowest BCUT2D eigenvalue weighted by atomic mass is 10.3. The molecule has 0 saturated carbocycles. The smallest absolute Gasteiger partial charge is 0.258 e. The third-order valence-electron chi connectivity index (χ3n) is 1.65. The highest BCUT2D eigenvalue weighted by Gasteiger charge is 2.18. The summed E-state index contributed by atoms with van der Waals surface area (Å²) in [5.74, 6) is 0.679. The summed E-state index contributed by atoms with van der Waals surface area (Å²) in [7, 11) is 0. The molecule has 15 heavy (non-hydrogen) atoms. The first-order chi connectivity index (χ1) is 7.06. The second-order valence-corrected chi connectivity index (χ2v) is 3.91. The lowest BCUT2D eigenvalue weighted by Crippen LogP contribution is -1.94. The molecule has 0 radical (unpaired) electrons. The van der Waals surface area contributed by atoms with Crippen molar-refractivity contribution in [3.8, 4) is 0 Å². The zero-order chi connectivity index (χ0) is 11.4. The molecule has 0 atom stereocenters. The molecule has 0 aliphatic carbocycles. The predicted molar refractivity (Wildman–Crippen MR) is 56.1 cm³/mol. The Morgan fingerprint density at radius 1 is 1.27 bits per heavy atom. The fraction of sp³-hybridized carbons (Fsp3) is 0.250. The second kappa shape index (κ2) is 4.74. The average Bonchev–Trinajstić information content (AvgIpc) is 2.18. The number of non-ortho nitro benzene ring substituents is 1. The maximum absolute atomic E-state index is 10.6. The molecule has 0 aromatic heterocycles. The van der Waals surface area contributed by atoms with Gasteiger partial charge in [-0.25, -0.2) is 0 Å². The molecule has 0 aliphatic rings. The van der Waals surface area contributed by atoms with Gasteiger partial charge in [-0.15, -0.1) is 11.8 Å². The van der Waals surface area contributed by atoms with E-state index in [0.717, 1.165) is 6.07 Å². The van der Waals surface area contributed by atoms with Crippen molar-refractivity contribution in [2.45, 2.75) is 11.8 Å². The Labute approximate surface area is 89.6 Å². The van der Waals surface area contributed by atoms with Crippen LogP contribution in [0.1, 0.15) is 6.92 Å². The fourth-order valence-electron chi connectivity index (χ4n) is 1.04. The SMILES string of the molecule is CCSc1ccc([N+](=O)[O-])cc1[N+](=O)[O-]. The van der Waals surface area contributed by atoms with Crippen LogP contribution in [0.5, 0.6) is 0 Å². The summed E-state index contributed by atoms with van der Waals surface area (Å²) in [6, 6.07) is 3.66. The fourth-order valence-corrected chi connectivity index (χ4v) is 1.80. The maximum atomic E-state index is 10.6. The van der Waals surface area contributed by atoms with Gasteiger partial charge in [-0.3, -0.25) is 20.2 Å². The number of nitro groups is 2. The monoisotopic (exact) mass is 228 g/mol. The molecule has 0 bridgehead atoms. The largest absolute Gasteiger partial charge is 0.289 e. The van der Waals surface area contributed by atoms with Gasteiger partial charge in [0, 0.05) is 6.07 Å². The minimum Gasteiger partial charge on any atom is -0.258 e. The molecule has 0 saturated heterocycles. The van der Waals surface area contributed by atoms with E-state index >= 15 is 0 Å². The van der Waals surface area contributed by atoms with Gasteiger partial charge in [0.25, 0.3) is 11.4 Å². The molecule has 80 valence electrons. The van der Waals surface area contributed by atoms with Gasteiger partial charge in [-0.05, 0) is 11.8 Å². The number of benzene rings is 1. The lowest BCUT2D eigenvalue weighted by Gasteiger charge is -1.99. The van der Waals surface area contributed by atoms with E-state index in [1.165, 1.54) is 23.9 Å². The van der Waals surface area contributed by atoms with Gasteiger partial charge in [-0.1, -0.05) is 6.92 Å². The van der Waals surface area contributed by atoms with E-state index in [1.54, 1.807) is 0 Å². The molecule has 1 aromatic rings. The van der Waals surface area contributed by atoms with Crippen LogP contribution in [0.15, 0.2) is 23.1 Å². The van der Waals surface area contributed by atoms with Crippen LogP contribution in [-0.4, -0.2) is 15.6 Å². The summed E-state index contributed by atoms with van der Waals surface area (Å²) in [5.41, 5.74) is -0.474. The molecule has 1 aromatic carbocycles. The average molecular weight is 228 g/mol. The molecule has 7 heteroatoms. The van der Waals surface area contributed by atoms with Gasteiger partial charge in [0.2, 0.25) is 0 Å². The van der Waals surface area contributed by atoms with E-state index in [1.807, 2.05) is 6.92 Å². The van der Waals surface area contributed by atoms with Crippen LogP contribution < -0.4 is 0 Å². The predicted octanol–water partition coefficient (Wildman–Crippen LogP) is 2.62. The van der Waals surface area contributed by atoms with Crippen molar-refractivity contribution >= 4 is 23.1 Å². The molecular weight excluding hydrogens is 220 g/mol. The molecule has 0 heterocycles. The topological polar surface area (TPSA) is 86.3 Å². The summed E-state index contributed by atoms with van der Waals surface area (Å²) in [6.45, 7) is 1.86. The minimum absolute atomic E-state index is 0.212. The van der Waals surface area contributed by atoms with Crippen molar-refractivity contribution in [1.29, 1.82) is 0 Å². The first-order valence-corrected chi connectivity index (χ1v) is 5.10. The summed E-state index contributed by atoms with van der Waals surface area (Å²) < 4.78 is 0.